The summed E-state index contributed by atoms with van der Waals surface area (Å²) in [7, 11) is 3.09. The number of hydrogen-bond acceptors (Lipinski definition) is 6. The van der Waals surface area contributed by atoms with Gasteiger partial charge in [0.15, 0.2) is 0 Å². The Hall–Kier alpha value is -4.69. The molecule has 1 aliphatic rings. The fraction of sp³-hybridized carbons (Fsp3) is 0.242. The average molecular weight is 552 g/mol. The van der Waals surface area contributed by atoms with Crippen molar-refractivity contribution in [3.63, 3.8) is 0 Å². The number of carbonyl (C=O) groups is 2. The smallest absolute Gasteiger partial charge is 0.254 e. The molecular weight excluding hydrogens is 518 g/mol. The van der Waals surface area contributed by atoms with E-state index in [1.54, 1.807) is 24.1 Å². The maximum Gasteiger partial charge on any atom is 0.254 e. The van der Waals surface area contributed by atoms with E-state index in [0.29, 0.717) is 17.7 Å². The second-order valence-electron chi connectivity index (χ2n) is 10.0. The number of rotatable bonds is 9. The van der Waals surface area contributed by atoms with Gasteiger partial charge in [-0.1, -0.05) is 71.9 Å². The van der Waals surface area contributed by atoms with Crippen molar-refractivity contribution >= 4 is 28.3 Å². The first kappa shape index (κ1) is 27.9. The number of benzene rings is 4. The molecule has 8 heteroatoms. The van der Waals surface area contributed by atoms with Crippen LogP contribution in [0, 0.1) is 0 Å². The van der Waals surface area contributed by atoms with Crippen LogP contribution in [0.5, 0.6) is 5.75 Å². The van der Waals surface area contributed by atoms with E-state index in [1.807, 2.05) is 78.9 Å². The Morgan fingerprint density at radius 2 is 1.71 bits per heavy atom. The molecule has 210 valence electrons. The predicted octanol–water partition coefficient (Wildman–Crippen LogP) is 4.97. The number of aliphatic hydroxyl groups is 1. The first-order valence-electron chi connectivity index (χ1n) is 13.5. The highest BCUT2D eigenvalue weighted by Gasteiger charge is 2.35. The molecule has 0 radical (unpaired) electrons. The number of nitrogens with zero attached hydrogens (tertiary/aromatic N) is 2. The SMILES string of the molecule is CON=C1C[C@@H](CC(=O)NCC(O)c2ccc3ccccc3c2)N(C(=O)c2ccc(-c3ccccc3OC)cc2)C1. The number of methoxy groups -OCH3 is 1. The molecule has 1 aliphatic heterocycles. The van der Waals surface area contributed by atoms with Crippen LogP contribution in [0.3, 0.4) is 0 Å². The minimum Gasteiger partial charge on any atom is -0.496 e. The van der Waals surface area contributed by atoms with Crippen LogP contribution >= 0.6 is 0 Å². The van der Waals surface area contributed by atoms with Crippen LogP contribution in [-0.2, 0) is 9.63 Å². The highest BCUT2D eigenvalue weighted by molar-refractivity contribution is 6.01. The van der Waals surface area contributed by atoms with Crippen molar-refractivity contribution in [1.82, 2.24) is 10.2 Å². The maximum atomic E-state index is 13.6. The van der Waals surface area contributed by atoms with E-state index in [4.69, 9.17) is 9.57 Å². The summed E-state index contributed by atoms with van der Waals surface area (Å²) >= 11 is 0. The quantitative estimate of drug-likeness (QED) is 0.286. The fourth-order valence-corrected chi connectivity index (χ4v) is 5.26. The van der Waals surface area contributed by atoms with Crippen molar-refractivity contribution < 1.29 is 24.3 Å². The van der Waals surface area contributed by atoms with E-state index in [-0.39, 0.29) is 37.4 Å². The number of aliphatic hydroxyl groups excluding tert-OH is 1. The predicted molar refractivity (Wildman–Crippen MR) is 159 cm³/mol. The molecule has 4 aromatic carbocycles. The zero-order chi connectivity index (χ0) is 28.8. The molecule has 0 aliphatic carbocycles. The van der Waals surface area contributed by atoms with Crippen LogP contribution in [0.15, 0.2) is 96.2 Å². The van der Waals surface area contributed by atoms with Crippen molar-refractivity contribution in [3.05, 3.63) is 102 Å². The highest BCUT2D eigenvalue weighted by atomic mass is 16.6. The summed E-state index contributed by atoms with van der Waals surface area (Å²) in [6.07, 6.45) is -0.338. The van der Waals surface area contributed by atoms with Gasteiger partial charge in [0.1, 0.15) is 12.9 Å². The third-order valence-electron chi connectivity index (χ3n) is 7.37. The van der Waals surface area contributed by atoms with Gasteiger partial charge < -0.3 is 24.9 Å². The van der Waals surface area contributed by atoms with Crippen molar-refractivity contribution in [2.24, 2.45) is 5.16 Å². The zero-order valence-corrected chi connectivity index (χ0v) is 23.1. The molecule has 0 bridgehead atoms. The molecule has 2 N–H and O–H groups in total. The summed E-state index contributed by atoms with van der Waals surface area (Å²) < 4.78 is 5.47. The minimum atomic E-state index is -0.850. The number of oxime groups is 1. The lowest BCUT2D eigenvalue weighted by atomic mass is 10.0. The van der Waals surface area contributed by atoms with E-state index in [2.05, 4.69) is 10.5 Å². The Labute approximate surface area is 239 Å². The minimum absolute atomic E-state index is 0.0707. The lowest BCUT2D eigenvalue weighted by molar-refractivity contribution is -0.122. The first-order valence-corrected chi connectivity index (χ1v) is 13.5. The lowest BCUT2D eigenvalue weighted by Crippen LogP contribution is -2.40. The lowest BCUT2D eigenvalue weighted by Gasteiger charge is -2.24. The van der Waals surface area contributed by atoms with Gasteiger partial charge in [-0.2, -0.15) is 0 Å². The number of para-hydroxylation sites is 1. The number of fused-ring (bicyclic) bond motifs is 1. The molecule has 1 unspecified atom stereocenters. The molecule has 1 saturated heterocycles. The Morgan fingerprint density at radius 1 is 0.976 bits per heavy atom. The van der Waals surface area contributed by atoms with Crippen molar-refractivity contribution in [2.45, 2.75) is 25.0 Å². The van der Waals surface area contributed by atoms with Crippen LogP contribution in [0.1, 0.15) is 34.9 Å². The second-order valence-corrected chi connectivity index (χ2v) is 10.0. The number of carbonyl (C=O) groups excluding carboxylic acids is 2. The zero-order valence-electron chi connectivity index (χ0n) is 23.1. The van der Waals surface area contributed by atoms with Crippen LogP contribution in [0.4, 0.5) is 0 Å². The van der Waals surface area contributed by atoms with Crippen LogP contribution < -0.4 is 10.1 Å². The van der Waals surface area contributed by atoms with Crippen LogP contribution in [0.2, 0.25) is 0 Å². The molecule has 41 heavy (non-hydrogen) atoms. The molecule has 1 heterocycles. The topological polar surface area (TPSA) is 100 Å². The van der Waals surface area contributed by atoms with Gasteiger partial charge in [0.05, 0.1) is 25.5 Å². The number of nitrogens with one attached hydrogen (secondary N) is 1. The van der Waals surface area contributed by atoms with Crippen molar-refractivity contribution in [1.29, 1.82) is 0 Å². The summed E-state index contributed by atoms with van der Waals surface area (Å²) in [6, 6.07) is 28.3. The highest BCUT2D eigenvalue weighted by Crippen LogP contribution is 2.30. The number of ether oxygens (including phenoxy) is 1. The fourth-order valence-electron chi connectivity index (χ4n) is 5.26. The Morgan fingerprint density at radius 3 is 2.46 bits per heavy atom. The van der Waals surface area contributed by atoms with Gasteiger partial charge in [-0.3, -0.25) is 9.59 Å². The van der Waals surface area contributed by atoms with Gasteiger partial charge in [0.2, 0.25) is 5.91 Å². The average Bonchev–Trinajstić information content (AvgIpc) is 3.41. The number of likely N-dealkylation sites (tertiary alicyclic amines) is 1. The molecule has 8 nitrogen and oxygen atoms in total. The molecular formula is C33H33N3O5. The van der Waals surface area contributed by atoms with Crippen LogP contribution in [0.25, 0.3) is 21.9 Å². The normalized spacial score (nSPS) is 16.5. The van der Waals surface area contributed by atoms with E-state index in [1.165, 1.54) is 7.11 Å². The van der Waals surface area contributed by atoms with Crippen molar-refractivity contribution in [2.75, 3.05) is 27.3 Å². The van der Waals surface area contributed by atoms with Gasteiger partial charge in [-0.25, -0.2) is 0 Å². The molecule has 5 rings (SSSR count). The third-order valence-corrected chi connectivity index (χ3v) is 7.37. The Bertz CT molecular complexity index is 1570. The number of amides is 2. The monoisotopic (exact) mass is 551 g/mol. The van der Waals surface area contributed by atoms with Gasteiger partial charge in [-0.15, -0.1) is 0 Å². The standard InChI is InChI=1S/C33H33N3O5/c1-40-31-10-6-5-9-29(31)23-12-14-24(15-13-23)33(39)36-21-27(35-41-2)18-28(36)19-32(38)34-20-30(37)26-16-11-22-7-3-4-8-25(22)17-26/h3-17,28,30,37H,18-21H2,1-2H3,(H,34,38)/t28-,30?/m0/s1. The first-order chi connectivity index (χ1) is 20.0. The van der Waals surface area contributed by atoms with Gasteiger partial charge in [0.25, 0.3) is 5.91 Å². The second kappa shape index (κ2) is 12.7. The Kier molecular flexibility index (Phi) is 8.60. The van der Waals surface area contributed by atoms with Crippen LogP contribution in [-0.4, -0.2) is 60.9 Å². The van der Waals surface area contributed by atoms with Gasteiger partial charge >= 0.3 is 0 Å². The molecule has 2 atom stereocenters. The summed E-state index contributed by atoms with van der Waals surface area (Å²) in [5.41, 5.74) is 3.81. The van der Waals surface area contributed by atoms with Gasteiger partial charge in [0, 0.05) is 36.6 Å². The summed E-state index contributed by atoms with van der Waals surface area (Å²) in [5, 5.41) is 19.7. The van der Waals surface area contributed by atoms with E-state index >= 15 is 0 Å². The Balaban J connectivity index is 1.24. The molecule has 2 amide bonds. The van der Waals surface area contributed by atoms with Crippen molar-refractivity contribution in [3.8, 4) is 16.9 Å². The van der Waals surface area contributed by atoms with E-state index < -0.39 is 6.10 Å². The van der Waals surface area contributed by atoms with Gasteiger partial charge in [-0.05, 0) is 46.2 Å². The maximum absolute atomic E-state index is 13.6. The largest absolute Gasteiger partial charge is 0.496 e. The summed E-state index contributed by atoms with van der Waals surface area (Å²) in [6.45, 7) is 0.347. The van der Waals surface area contributed by atoms with E-state index in [0.717, 1.165) is 33.2 Å². The number of hydrogen-bond donors (Lipinski definition) is 2. The summed E-state index contributed by atoms with van der Waals surface area (Å²) in [5.74, 6) is 0.313. The van der Waals surface area contributed by atoms with E-state index in [9.17, 15) is 14.7 Å². The molecule has 4 aromatic rings. The molecule has 0 saturated carbocycles. The molecule has 0 aromatic heterocycles. The summed E-state index contributed by atoms with van der Waals surface area (Å²) in [4.78, 5) is 33.1. The molecule has 0 spiro atoms. The third kappa shape index (κ3) is 6.39. The molecule has 1 fully saturated rings.